The van der Waals surface area contributed by atoms with Gasteiger partial charge in [-0.3, -0.25) is 9.78 Å². The Hall–Kier alpha value is -3.07. The number of rotatable bonds is 4. The summed E-state index contributed by atoms with van der Waals surface area (Å²) in [5.74, 6) is 0.440. The molecule has 2 aromatic rings. The lowest BCUT2D eigenvalue weighted by Gasteiger charge is -2.11. The lowest BCUT2D eigenvalue weighted by atomic mass is 10.2. The third-order valence-corrected chi connectivity index (χ3v) is 2.83. The van der Waals surface area contributed by atoms with E-state index in [4.69, 9.17) is 14.7 Å². The number of carbonyl (C=O) groups excluding carboxylic acids is 1. The molecule has 0 saturated heterocycles. The number of nitrogens with zero attached hydrogens (tertiary/aromatic N) is 2. The zero-order valence-corrected chi connectivity index (χ0v) is 11.6. The number of pyridine rings is 1. The van der Waals surface area contributed by atoms with Crippen molar-refractivity contribution in [2.45, 2.75) is 0 Å². The van der Waals surface area contributed by atoms with Crippen LogP contribution in [0.5, 0.6) is 11.5 Å². The molecule has 0 aliphatic rings. The molecule has 1 N–H and O–H groups in total. The van der Waals surface area contributed by atoms with Crippen LogP contribution < -0.4 is 14.8 Å². The molecule has 6 nitrogen and oxygen atoms in total. The van der Waals surface area contributed by atoms with Crippen LogP contribution in [0.4, 0.5) is 5.69 Å². The van der Waals surface area contributed by atoms with Crippen molar-refractivity contribution < 1.29 is 14.3 Å². The minimum Gasteiger partial charge on any atom is -0.495 e. The molecule has 0 radical (unpaired) electrons. The molecule has 1 heterocycles. The molecule has 0 bridgehead atoms. The Morgan fingerprint density at radius 3 is 2.67 bits per heavy atom. The van der Waals surface area contributed by atoms with E-state index < -0.39 is 0 Å². The Balaban J connectivity index is 2.30. The molecule has 21 heavy (non-hydrogen) atoms. The molecular formula is C15H13N3O3. The number of nitrogens with one attached hydrogen (secondary N) is 1. The van der Waals surface area contributed by atoms with Crippen molar-refractivity contribution in [3.8, 4) is 17.6 Å². The summed E-state index contributed by atoms with van der Waals surface area (Å²) in [6, 6.07) is 8.34. The van der Waals surface area contributed by atoms with Crippen molar-refractivity contribution in [2.24, 2.45) is 0 Å². The smallest absolute Gasteiger partial charge is 0.259 e. The molecule has 1 aromatic heterocycles. The SMILES string of the molecule is COc1cc(C#N)ccc1NC(=O)c1ccncc1OC. The second kappa shape index (κ2) is 6.39. The van der Waals surface area contributed by atoms with Crippen molar-refractivity contribution >= 4 is 11.6 Å². The van der Waals surface area contributed by atoms with E-state index in [0.29, 0.717) is 28.3 Å². The number of benzene rings is 1. The number of hydrogen-bond acceptors (Lipinski definition) is 5. The van der Waals surface area contributed by atoms with Crippen molar-refractivity contribution in [1.29, 1.82) is 5.26 Å². The van der Waals surface area contributed by atoms with Crippen LogP contribution in [0, 0.1) is 11.3 Å². The summed E-state index contributed by atoms with van der Waals surface area (Å²) in [5.41, 5.74) is 1.28. The van der Waals surface area contributed by atoms with Crippen molar-refractivity contribution in [1.82, 2.24) is 4.98 Å². The van der Waals surface area contributed by atoms with Gasteiger partial charge in [0.25, 0.3) is 5.91 Å². The van der Waals surface area contributed by atoms with Crippen LogP contribution in [0.3, 0.4) is 0 Å². The summed E-state index contributed by atoms with van der Waals surface area (Å²) < 4.78 is 10.3. The highest BCUT2D eigenvalue weighted by Gasteiger charge is 2.14. The first-order valence-electron chi connectivity index (χ1n) is 6.07. The minimum absolute atomic E-state index is 0.350. The Kier molecular flexibility index (Phi) is 4.36. The molecule has 2 rings (SSSR count). The molecule has 0 fully saturated rings. The third kappa shape index (κ3) is 3.09. The van der Waals surface area contributed by atoms with E-state index >= 15 is 0 Å². The molecule has 6 heteroatoms. The lowest BCUT2D eigenvalue weighted by Crippen LogP contribution is -2.14. The van der Waals surface area contributed by atoms with Gasteiger partial charge in [-0.05, 0) is 18.2 Å². The van der Waals surface area contributed by atoms with Crippen LogP contribution in [0.25, 0.3) is 0 Å². The molecule has 1 amide bonds. The van der Waals surface area contributed by atoms with Gasteiger partial charge in [0.1, 0.15) is 11.5 Å². The van der Waals surface area contributed by atoms with Gasteiger partial charge in [0.05, 0.1) is 43.3 Å². The monoisotopic (exact) mass is 283 g/mol. The highest BCUT2D eigenvalue weighted by Crippen LogP contribution is 2.27. The van der Waals surface area contributed by atoms with E-state index in [2.05, 4.69) is 10.3 Å². The van der Waals surface area contributed by atoms with Gasteiger partial charge in [-0.15, -0.1) is 0 Å². The van der Waals surface area contributed by atoms with Crippen LogP contribution in [-0.2, 0) is 0 Å². The Labute approximate surface area is 121 Å². The van der Waals surface area contributed by atoms with Crippen molar-refractivity contribution in [2.75, 3.05) is 19.5 Å². The molecule has 106 valence electrons. The average molecular weight is 283 g/mol. The Morgan fingerprint density at radius 1 is 1.24 bits per heavy atom. The first kappa shape index (κ1) is 14.3. The fourth-order valence-electron chi connectivity index (χ4n) is 1.78. The number of carbonyl (C=O) groups is 1. The Bertz CT molecular complexity index is 708. The number of ether oxygens (including phenoxy) is 2. The van der Waals surface area contributed by atoms with Gasteiger partial charge in [0, 0.05) is 12.3 Å². The molecule has 0 aliphatic heterocycles. The lowest BCUT2D eigenvalue weighted by molar-refractivity contribution is 0.102. The summed E-state index contributed by atoms with van der Waals surface area (Å²) in [5, 5.41) is 11.6. The molecule has 0 unspecified atom stereocenters. The van der Waals surface area contributed by atoms with Crippen molar-refractivity contribution in [3.05, 3.63) is 47.8 Å². The second-order valence-corrected chi connectivity index (χ2v) is 4.06. The summed E-state index contributed by atoms with van der Waals surface area (Å²) in [6.45, 7) is 0. The average Bonchev–Trinajstić information content (AvgIpc) is 2.55. The van der Waals surface area contributed by atoms with Crippen LogP contribution in [0.15, 0.2) is 36.7 Å². The fourth-order valence-corrected chi connectivity index (χ4v) is 1.78. The van der Waals surface area contributed by atoms with Gasteiger partial charge in [-0.1, -0.05) is 0 Å². The summed E-state index contributed by atoms with van der Waals surface area (Å²) >= 11 is 0. The summed E-state index contributed by atoms with van der Waals surface area (Å²) in [4.78, 5) is 16.2. The first-order valence-corrected chi connectivity index (χ1v) is 6.07. The maximum absolute atomic E-state index is 12.3. The minimum atomic E-state index is -0.350. The number of hydrogen-bond donors (Lipinski definition) is 1. The van der Waals surface area contributed by atoms with Crippen LogP contribution >= 0.6 is 0 Å². The molecule has 0 atom stereocenters. The maximum Gasteiger partial charge on any atom is 0.259 e. The largest absolute Gasteiger partial charge is 0.495 e. The molecule has 0 saturated carbocycles. The standard InChI is InChI=1S/C15H13N3O3/c1-20-13-7-10(8-16)3-4-12(13)18-15(19)11-5-6-17-9-14(11)21-2/h3-7,9H,1-2H3,(H,18,19). The Morgan fingerprint density at radius 2 is 2.00 bits per heavy atom. The van der Waals surface area contributed by atoms with Gasteiger partial charge in [0.15, 0.2) is 0 Å². The van der Waals surface area contributed by atoms with E-state index in [1.807, 2.05) is 6.07 Å². The van der Waals surface area contributed by atoms with Crippen LogP contribution in [-0.4, -0.2) is 25.1 Å². The molecule has 1 aromatic carbocycles. The number of nitriles is 1. The zero-order valence-electron chi connectivity index (χ0n) is 11.6. The maximum atomic E-state index is 12.3. The van der Waals surface area contributed by atoms with Crippen molar-refractivity contribution in [3.63, 3.8) is 0 Å². The number of methoxy groups -OCH3 is 2. The number of anilines is 1. The zero-order chi connectivity index (χ0) is 15.2. The predicted octanol–water partition coefficient (Wildman–Crippen LogP) is 2.22. The summed E-state index contributed by atoms with van der Waals surface area (Å²) in [7, 11) is 2.94. The predicted molar refractivity (Wildman–Crippen MR) is 76.5 cm³/mol. The topological polar surface area (TPSA) is 84.2 Å². The summed E-state index contributed by atoms with van der Waals surface area (Å²) in [6.07, 6.45) is 2.97. The van der Waals surface area contributed by atoms with Gasteiger partial charge in [-0.2, -0.15) is 5.26 Å². The molecule has 0 spiro atoms. The van der Waals surface area contributed by atoms with Gasteiger partial charge >= 0.3 is 0 Å². The number of amides is 1. The normalized spacial score (nSPS) is 9.57. The highest BCUT2D eigenvalue weighted by molar-refractivity contribution is 6.06. The fraction of sp³-hybridized carbons (Fsp3) is 0.133. The van der Waals surface area contributed by atoms with E-state index in [0.717, 1.165) is 0 Å². The van der Waals surface area contributed by atoms with E-state index in [9.17, 15) is 4.79 Å². The van der Waals surface area contributed by atoms with Crippen LogP contribution in [0.2, 0.25) is 0 Å². The number of aromatic nitrogens is 1. The van der Waals surface area contributed by atoms with Gasteiger partial charge < -0.3 is 14.8 Å². The van der Waals surface area contributed by atoms with Crippen LogP contribution in [0.1, 0.15) is 15.9 Å². The van der Waals surface area contributed by atoms with E-state index in [1.54, 1.807) is 24.3 Å². The van der Waals surface area contributed by atoms with E-state index in [1.165, 1.54) is 26.6 Å². The molecule has 0 aliphatic carbocycles. The molecular weight excluding hydrogens is 270 g/mol. The third-order valence-electron chi connectivity index (χ3n) is 2.83. The highest BCUT2D eigenvalue weighted by atomic mass is 16.5. The van der Waals surface area contributed by atoms with E-state index in [-0.39, 0.29) is 5.91 Å². The first-order chi connectivity index (χ1) is 10.2. The van der Waals surface area contributed by atoms with Gasteiger partial charge in [-0.25, -0.2) is 0 Å². The van der Waals surface area contributed by atoms with Gasteiger partial charge in [0.2, 0.25) is 0 Å². The quantitative estimate of drug-likeness (QED) is 0.930. The second-order valence-electron chi connectivity index (χ2n) is 4.06.